The molecule has 2 aliphatic rings. The van der Waals surface area contributed by atoms with Crippen molar-refractivity contribution in [1.82, 2.24) is 4.90 Å². The topological polar surface area (TPSA) is 69.7 Å². The van der Waals surface area contributed by atoms with Crippen LogP contribution in [0.15, 0.2) is 42.5 Å². The summed E-state index contributed by atoms with van der Waals surface area (Å²) >= 11 is 8.00. The van der Waals surface area contributed by atoms with Gasteiger partial charge in [0.15, 0.2) is 0 Å². The Morgan fingerprint density at radius 2 is 1.77 bits per heavy atom. The van der Waals surface area contributed by atoms with Gasteiger partial charge in [0.1, 0.15) is 0 Å². The van der Waals surface area contributed by atoms with Crippen molar-refractivity contribution in [1.29, 1.82) is 0 Å². The van der Waals surface area contributed by atoms with Gasteiger partial charge in [0.25, 0.3) is 5.91 Å². The van der Waals surface area contributed by atoms with Crippen LogP contribution in [0.4, 0.5) is 11.4 Å². The molecule has 2 heterocycles. The maximum absolute atomic E-state index is 12.9. The molecule has 8 heteroatoms. The van der Waals surface area contributed by atoms with Crippen LogP contribution in [0.5, 0.6) is 0 Å². The van der Waals surface area contributed by atoms with E-state index in [1.165, 1.54) is 0 Å². The highest BCUT2D eigenvalue weighted by Crippen LogP contribution is 2.29. The highest BCUT2D eigenvalue weighted by molar-refractivity contribution is 7.99. The third kappa shape index (κ3) is 5.22. The van der Waals surface area contributed by atoms with E-state index in [1.807, 2.05) is 28.8 Å². The van der Waals surface area contributed by atoms with Crippen molar-refractivity contribution < 1.29 is 14.4 Å². The van der Waals surface area contributed by atoms with Gasteiger partial charge in [0, 0.05) is 48.3 Å². The summed E-state index contributed by atoms with van der Waals surface area (Å²) in [6.45, 7) is 2.19. The molecule has 0 bridgehead atoms. The first kappa shape index (κ1) is 21.7. The van der Waals surface area contributed by atoms with Crippen LogP contribution in [0.2, 0.25) is 5.02 Å². The number of amides is 3. The Morgan fingerprint density at radius 3 is 2.45 bits per heavy atom. The van der Waals surface area contributed by atoms with Gasteiger partial charge in [-0.3, -0.25) is 14.4 Å². The summed E-state index contributed by atoms with van der Waals surface area (Å²) < 4.78 is 0. The maximum Gasteiger partial charge on any atom is 0.257 e. The van der Waals surface area contributed by atoms with Gasteiger partial charge in [-0.2, -0.15) is 11.8 Å². The number of nitrogens with one attached hydrogen (secondary N) is 1. The number of benzene rings is 2. The van der Waals surface area contributed by atoms with Crippen molar-refractivity contribution in [3.05, 3.63) is 58.6 Å². The molecule has 2 aromatic carbocycles. The SMILES string of the molecule is O=C(Nc1ccc(CC(=O)N2CCSCC2)cc1)c1ccc(Cl)cc1N1CCCC1=O. The van der Waals surface area contributed by atoms with Crippen LogP contribution in [0, 0.1) is 0 Å². The second-order valence-electron chi connectivity index (χ2n) is 7.63. The first-order chi connectivity index (χ1) is 15.0. The fourth-order valence-corrected chi connectivity index (χ4v) is 4.90. The molecule has 2 saturated heterocycles. The van der Waals surface area contributed by atoms with Crippen LogP contribution in [0.3, 0.4) is 0 Å². The van der Waals surface area contributed by atoms with Crippen LogP contribution in [0.25, 0.3) is 0 Å². The second kappa shape index (κ2) is 9.75. The van der Waals surface area contributed by atoms with Crippen molar-refractivity contribution in [2.75, 3.05) is 41.4 Å². The number of hydrogen-bond acceptors (Lipinski definition) is 4. The summed E-state index contributed by atoms with van der Waals surface area (Å²) in [4.78, 5) is 41.1. The van der Waals surface area contributed by atoms with Crippen LogP contribution >= 0.6 is 23.4 Å². The molecule has 162 valence electrons. The molecule has 0 spiro atoms. The molecule has 1 N–H and O–H groups in total. The van der Waals surface area contributed by atoms with Crippen molar-refractivity contribution in [3.8, 4) is 0 Å². The van der Waals surface area contributed by atoms with E-state index in [9.17, 15) is 14.4 Å². The highest BCUT2D eigenvalue weighted by Gasteiger charge is 2.26. The van der Waals surface area contributed by atoms with Gasteiger partial charge in [-0.15, -0.1) is 0 Å². The molecule has 2 aromatic rings. The Labute approximate surface area is 190 Å². The van der Waals surface area contributed by atoms with Gasteiger partial charge >= 0.3 is 0 Å². The van der Waals surface area contributed by atoms with E-state index < -0.39 is 0 Å². The van der Waals surface area contributed by atoms with Crippen molar-refractivity contribution >= 4 is 52.5 Å². The molecular formula is C23H24ClN3O3S. The van der Waals surface area contributed by atoms with E-state index in [0.29, 0.717) is 41.3 Å². The lowest BCUT2D eigenvalue weighted by Crippen LogP contribution is -2.38. The number of carbonyl (C=O) groups is 3. The summed E-state index contributed by atoms with van der Waals surface area (Å²) in [6.07, 6.45) is 1.60. The standard InChI is InChI=1S/C23H24ClN3O3S/c24-17-5-8-19(20(15-17)27-9-1-2-21(27)28)23(30)25-18-6-3-16(4-7-18)14-22(29)26-10-12-31-13-11-26/h3-8,15H,1-2,9-14H2,(H,25,30). The molecule has 4 rings (SSSR count). The van der Waals surface area contributed by atoms with Crippen molar-refractivity contribution in [2.24, 2.45) is 0 Å². The van der Waals surface area contributed by atoms with Gasteiger partial charge in [-0.1, -0.05) is 23.7 Å². The molecule has 2 aliphatic heterocycles. The Balaban J connectivity index is 1.43. The van der Waals surface area contributed by atoms with Crippen molar-refractivity contribution in [3.63, 3.8) is 0 Å². The maximum atomic E-state index is 12.9. The fraction of sp³-hybridized carbons (Fsp3) is 0.348. The lowest BCUT2D eigenvalue weighted by atomic mass is 10.1. The Bertz CT molecular complexity index is 990. The van der Waals surface area contributed by atoms with E-state index in [4.69, 9.17) is 11.6 Å². The average Bonchev–Trinajstić information content (AvgIpc) is 3.21. The van der Waals surface area contributed by atoms with E-state index in [1.54, 1.807) is 35.2 Å². The van der Waals surface area contributed by atoms with Gasteiger partial charge in [-0.05, 0) is 42.3 Å². The molecule has 2 fully saturated rings. The zero-order valence-electron chi connectivity index (χ0n) is 17.1. The zero-order chi connectivity index (χ0) is 21.8. The molecular weight excluding hydrogens is 434 g/mol. The second-order valence-corrected chi connectivity index (χ2v) is 9.29. The van der Waals surface area contributed by atoms with Crippen LogP contribution in [0.1, 0.15) is 28.8 Å². The van der Waals surface area contributed by atoms with Gasteiger partial charge < -0.3 is 15.1 Å². The summed E-state index contributed by atoms with van der Waals surface area (Å²) in [5.74, 6) is 1.82. The van der Waals surface area contributed by atoms with Crippen molar-refractivity contribution in [2.45, 2.75) is 19.3 Å². The number of carbonyl (C=O) groups excluding carboxylic acids is 3. The molecule has 6 nitrogen and oxygen atoms in total. The Morgan fingerprint density at radius 1 is 1.03 bits per heavy atom. The monoisotopic (exact) mass is 457 g/mol. The minimum absolute atomic E-state index is 0.00219. The number of hydrogen-bond donors (Lipinski definition) is 1. The molecule has 3 amide bonds. The van der Waals surface area contributed by atoms with E-state index in [0.717, 1.165) is 36.6 Å². The number of rotatable bonds is 5. The number of halogens is 1. The van der Waals surface area contributed by atoms with Crippen LogP contribution < -0.4 is 10.2 Å². The minimum Gasteiger partial charge on any atom is -0.341 e. The Hall–Kier alpha value is -2.51. The Kier molecular flexibility index (Phi) is 6.83. The molecule has 0 aromatic heterocycles. The molecule has 0 unspecified atom stereocenters. The largest absolute Gasteiger partial charge is 0.341 e. The minimum atomic E-state index is -0.305. The summed E-state index contributed by atoms with van der Waals surface area (Å²) in [5, 5.41) is 3.36. The molecule has 0 aliphatic carbocycles. The van der Waals surface area contributed by atoms with E-state index in [2.05, 4.69) is 5.32 Å². The fourth-order valence-electron chi connectivity index (χ4n) is 3.83. The zero-order valence-corrected chi connectivity index (χ0v) is 18.7. The first-order valence-corrected chi connectivity index (χ1v) is 11.9. The smallest absolute Gasteiger partial charge is 0.257 e. The first-order valence-electron chi connectivity index (χ1n) is 10.4. The normalized spacial score (nSPS) is 16.5. The predicted molar refractivity (Wildman–Crippen MR) is 125 cm³/mol. The lowest BCUT2D eigenvalue weighted by Gasteiger charge is -2.26. The van der Waals surface area contributed by atoms with E-state index in [-0.39, 0.29) is 17.7 Å². The number of anilines is 2. The van der Waals surface area contributed by atoms with E-state index >= 15 is 0 Å². The molecule has 31 heavy (non-hydrogen) atoms. The van der Waals surface area contributed by atoms with Gasteiger partial charge in [-0.25, -0.2) is 0 Å². The molecule has 0 radical (unpaired) electrons. The highest BCUT2D eigenvalue weighted by atomic mass is 35.5. The summed E-state index contributed by atoms with van der Waals surface area (Å²) in [7, 11) is 0. The average molecular weight is 458 g/mol. The lowest BCUT2D eigenvalue weighted by molar-refractivity contribution is -0.130. The van der Waals surface area contributed by atoms with Crippen LogP contribution in [-0.4, -0.2) is 53.8 Å². The molecule has 0 saturated carbocycles. The quantitative estimate of drug-likeness (QED) is 0.740. The predicted octanol–water partition coefficient (Wildman–Crippen LogP) is 3.84. The third-order valence-corrected chi connectivity index (χ3v) is 6.68. The number of thioether (sulfide) groups is 1. The molecule has 0 atom stereocenters. The van der Waals surface area contributed by atoms with Gasteiger partial charge in [0.05, 0.1) is 17.7 Å². The van der Waals surface area contributed by atoms with Crippen LogP contribution in [-0.2, 0) is 16.0 Å². The third-order valence-electron chi connectivity index (χ3n) is 5.50. The summed E-state index contributed by atoms with van der Waals surface area (Å²) in [5.41, 5.74) is 2.48. The van der Waals surface area contributed by atoms with Gasteiger partial charge in [0.2, 0.25) is 11.8 Å². The number of nitrogens with zero attached hydrogens (tertiary/aromatic N) is 2. The summed E-state index contributed by atoms with van der Waals surface area (Å²) in [6, 6.07) is 12.3.